The zero-order valence-corrected chi connectivity index (χ0v) is 15.3. The fourth-order valence-corrected chi connectivity index (χ4v) is 2.07. The highest BCUT2D eigenvalue weighted by Crippen LogP contribution is 2.08. The molecule has 0 fully saturated rings. The molecule has 25 heavy (non-hydrogen) atoms. The molecule has 0 aromatic heterocycles. The molecule has 0 atom stereocenters. The fourth-order valence-electron chi connectivity index (χ4n) is 2.07. The molecular formula is C22H32O3. The number of unbranched alkanes of at least 4 members (excludes halogenated alkanes) is 7. The Kier molecular flexibility index (Phi) is 18.2. The lowest BCUT2D eigenvalue weighted by atomic mass is 10.1. The van der Waals surface area contributed by atoms with Crippen molar-refractivity contribution in [3.8, 4) is 0 Å². The maximum Gasteiger partial charge on any atom is 0.365 e. The van der Waals surface area contributed by atoms with Crippen molar-refractivity contribution in [2.75, 3.05) is 0 Å². The van der Waals surface area contributed by atoms with Crippen LogP contribution >= 0.6 is 0 Å². The van der Waals surface area contributed by atoms with Crippen LogP contribution in [0.25, 0.3) is 0 Å². The molecule has 0 aliphatic rings. The lowest BCUT2D eigenvalue weighted by Crippen LogP contribution is -1.93. The Morgan fingerprint density at radius 3 is 1.76 bits per heavy atom. The molecule has 0 aliphatic heterocycles. The molecule has 0 rings (SSSR count). The maximum absolute atomic E-state index is 10.6. The van der Waals surface area contributed by atoms with Crippen molar-refractivity contribution in [2.24, 2.45) is 0 Å². The zero-order valence-electron chi connectivity index (χ0n) is 15.3. The van der Waals surface area contributed by atoms with Gasteiger partial charge in [-0.2, -0.15) is 5.26 Å². The van der Waals surface area contributed by atoms with Crippen LogP contribution in [0.4, 0.5) is 0 Å². The van der Waals surface area contributed by atoms with E-state index < -0.39 is 5.97 Å². The fraction of sp³-hybridized carbons (Fsp3) is 0.409. The first-order valence-corrected chi connectivity index (χ1v) is 9.16. The number of carbonyl (C=O) groups is 1. The summed E-state index contributed by atoms with van der Waals surface area (Å²) >= 11 is 0. The van der Waals surface area contributed by atoms with E-state index in [1.165, 1.54) is 51.0 Å². The van der Waals surface area contributed by atoms with E-state index in [0.29, 0.717) is 0 Å². The maximum atomic E-state index is 10.6. The van der Waals surface area contributed by atoms with Crippen LogP contribution in [0.2, 0.25) is 0 Å². The molecule has 0 spiro atoms. The minimum Gasteiger partial charge on any atom is -0.296 e. The SMILES string of the molecule is CCCCCCCCCC=CC=CC=CC=CC=CC=CC(=O)OO. The quantitative estimate of drug-likeness (QED) is 0.129. The van der Waals surface area contributed by atoms with E-state index in [1.807, 2.05) is 36.5 Å². The van der Waals surface area contributed by atoms with Crippen LogP contribution in [0, 0.1) is 0 Å². The Labute approximate surface area is 152 Å². The number of allylic oxidation sites excluding steroid dienone is 11. The second-order valence-corrected chi connectivity index (χ2v) is 5.65. The Morgan fingerprint density at radius 2 is 1.20 bits per heavy atom. The van der Waals surface area contributed by atoms with Crippen molar-refractivity contribution in [1.29, 1.82) is 0 Å². The molecule has 0 aliphatic carbocycles. The van der Waals surface area contributed by atoms with Gasteiger partial charge in [0.25, 0.3) is 0 Å². The third-order valence-electron chi connectivity index (χ3n) is 3.43. The van der Waals surface area contributed by atoms with Gasteiger partial charge in [-0.15, -0.1) is 0 Å². The molecule has 0 radical (unpaired) electrons. The van der Waals surface area contributed by atoms with Crippen LogP contribution in [-0.4, -0.2) is 11.2 Å². The van der Waals surface area contributed by atoms with Crippen LogP contribution in [0.3, 0.4) is 0 Å². The van der Waals surface area contributed by atoms with E-state index in [1.54, 1.807) is 12.2 Å². The van der Waals surface area contributed by atoms with Crippen molar-refractivity contribution < 1.29 is 14.9 Å². The number of hydrogen-bond acceptors (Lipinski definition) is 3. The predicted octanol–water partition coefficient (Wildman–Crippen LogP) is 6.48. The van der Waals surface area contributed by atoms with Gasteiger partial charge in [-0.25, -0.2) is 4.79 Å². The van der Waals surface area contributed by atoms with E-state index in [-0.39, 0.29) is 0 Å². The van der Waals surface area contributed by atoms with Gasteiger partial charge in [-0.1, -0.05) is 112 Å². The van der Waals surface area contributed by atoms with Crippen LogP contribution in [0.15, 0.2) is 72.9 Å². The van der Waals surface area contributed by atoms with Crippen molar-refractivity contribution in [1.82, 2.24) is 0 Å². The highest BCUT2D eigenvalue weighted by Gasteiger charge is 1.89. The molecule has 0 heterocycles. The molecule has 0 amide bonds. The molecule has 0 unspecified atom stereocenters. The minimum atomic E-state index is -0.793. The average Bonchev–Trinajstić information content (AvgIpc) is 2.63. The van der Waals surface area contributed by atoms with Crippen molar-refractivity contribution in [2.45, 2.75) is 58.3 Å². The Balaban J connectivity index is 3.61. The Bertz CT molecular complexity index is 480. The van der Waals surface area contributed by atoms with E-state index in [2.05, 4.69) is 24.0 Å². The van der Waals surface area contributed by atoms with Gasteiger partial charge < -0.3 is 0 Å². The van der Waals surface area contributed by atoms with Crippen LogP contribution in [-0.2, 0) is 9.68 Å². The van der Waals surface area contributed by atoms with Gasteiger partial charge in [0.2, 0.25) is 0 Å². The average molecular weight is 344 g/mol. The molecule has 3 heteroatoms. The number of rotatable bonds is 14. The third kappa shape index (κ3) is 19.8. The summed E-state index contributed by atoms with van der Waals surface area (Å²) in [6, 6.07) is 0. The van der Waals surface area contributed by atoms with Gasteiger partial charge in [-0.3, -0.25) is 4.89 Å². The first kappa shape index (κ1) is 22.9. The second kappa shape index (κ2) is 19.9. The summed E-state index contributed by atoms with van der Waals surface area (Å²) in [6.07, 6.45) is 32.6. The number of hydrogen-bond donors (Lipinski definition) is 1. The normalized spacial score (nSPS) is 12.9. The van der Waals surface area contributed by atoms with Gasteiger partial charge in [0.1, 0.15) is 0 Å². The summed E-state index contributed by atoms with van der Waals surface area (Å²) in [6.45, 7) is 2.25. The van der Waals surface area contributed by atoms with Gasteiger partial charge >= 0.3 is 5.97 Å². The Hall–Kier alpha value is -2.13. The standard InChI is InChI=1S/C22H32O3/c1-2-3-4-5-6-7-8-9-10-11-12-13-14-15-16-17-18-19-20-21-22(23)25-24/h10-21,24H,2-9H2,1H3. The molecule has 0 aromatic carbocycles. The van der Waals surface area contributed by atoms with E-state index >= 15 is 0 Å². The molecule has 0 saturated carbocycles. The highest BCUT2D eigenvalue weighted by molar-refractivity contribution is 5.81. The molecule has 0 saturated heterocycles. The van der Waals surface area contributed by atoms with Crippen LogP contribution in [0.1, 0.15) is 58.3 Å². The monoisotopic (exact) mass is 344 g/mol. The topological polar surface area (TPSA) is 46.5 Å². The second-order valence-electron chi connectivity index (χ2n) is 5.65. The highest BCUT2D eigenvalue weighted by atomic mass is 17.1. The molecule has 138 valence electrons. The van der Waals surface area contributed by atoms with E-state index in [0.717, 1.165) is 12.5 Å². The summed E-state index contributed by atoms with van der Waals surface area (Å²) in [7, 11) is 0. The smallest absolute Gasteiger partial charge is 0.296 e. The van der Waals surface area contributed by atoms with Gasteiger partial charge in [0.05, 0.1) is 0 Å². The van der Waals surface area contributed by atoms with Gasteiger partial charge in [-0.05, 0) is 12.8 Å². The van der Waals surface area contributed by atoms with Gasteiger partial charge in [0.15, 0.2) is 0 Å². The lowest BCUT2D eigenvalue weighted by molar-refractivity contribution is -0.228. The number of carbonyl (C=O) groups excluding carboxylic acids is 1. The summed E-state index contributed by atoms with van der Waals surface area (Å²) in [5.41, 5.74) is 0. The summed E-state index contributed by atoms with van der Waals surface area (Å²) in [5.74, 6) is -0.793. The van der Waals surface area contributed by atoms with Crippen molar-refractivity contribution in [3.05, 3.63) is 72.9 Å². The van der Waals surface area contributed by atoms with Gasteiger partial charge in [0, 0.05) is 6.08 Å². The van der Waals surface area contributed by atoms with Crippen molar-refractivity contribution >= 4 is 5.97 Å². The Morgan fingerprint density at radius 1 is 0.720 bits per heavy atom. The summed E-state index contributed by atoms with van der Waals surface area (Å²) in [4.78, 5) is 14.0. The molecular weight excluding hydrogens is 312 g/mol. The lowest BCUT2D eigenvalue weighted by Gasteiger charge is -1.98. The third-order valence-corrected chi connectivity index (χ3v) is 3.43. The van der Waals surface area contributed by atoms with E-state index in [4.69, 9.17) is 5.26 Å². The molecule has 0 bridgehead atoms. The first-order valence-electron chi connectivity index (χ1n) is 9.16. The molecule has 3 nitrogen and oxygen atoms in total. The first-order chi connectivity index (χ1) is 12.3. The molecule has 0 aromatic rings. The zero-order chi connectivity index (χ0) is 18.4. The largest absolute Gasteiger partial charge is 0.365 e. The van der Waals surface area contributed by atoms with Crippen LogP contribution in [0.5, 0.6) is 0 Å². The van der Waals surface area contributed by atoms with Crippen LogP contribution < -0.4 is 0 Å². The predicted molar refractivity (Wildman–Crippen MR) is 106 cm³/mol. The minimum absolute atomic E-state index is 0.793. The summed E-state index contributed by atoms with van der Waals surface area (Å²) < 4.78 is 0. The van der Waals surface area contributed by atoms with Crippen molar-refractivity contribution in [3.63, 3.8) is 0 Å². The van der Waals surface area contributed by atoms with E-state index in [9.17, 15) is 4.79 Å². The molecule has 1 N–H and O–H groups in total. The summed E-state index contributed by atoms with van der Waals surface area (Å²) in [5, 5.41) is 8.03.